The summed E-state index contributed by atoms with van der Waals surface area (Å²) in [4.78, 5) is 0. The maximum Gasteiger partial charge on any atom is 0.150 e. The lowest BCUT2D eigenvalue weighted by Crippen LogP contribution is -2.30. The summed E-state index contributed by atoms with van der Waals surface area (Å²) in [6, 6.07) is 7.79. The molecule has 1 aromatic rings. The first kappa shape index (κ1) is 15.3. The fourth-order valence-electron chi connectivity index (χ4n) is 2.82. The highest BCUT2D eigenvalue weighted by molar-refractivity contribution is 14.1. The van der Waals surface area contributed by atoms with E-state index in [-0.39, 0.29) is 11.2 Å². The number of hydrogen-bond acceptors (Lipinski definition) is 3. The number of aliphatic hydroxyl groups excluding tert-OH is 1. The molecule has 1 N–H and O–H groups in total. The van der Waals surface area contributed by atoms with Crippen LogP contribution in [0.3, 0.4) is 0 Å². The molecular formula is C14H19IO3S. The zero-order chi connectivity index (χ0) is 14.0. The molecule has 0 bridgehead atoms. The van der Waals surface area contributed by atoms with Crippen molar-refractivity contribution in [3.05, 3.63) is 33.4 Å². The summed E-state index contributed by atoms with van der Waals surface area (Å²) in [5.41, 5.74) is 0.894. The van der Waals surface area contributed by atoms with Crippen LogP contribution in [-0.4, -0.2) is 25.0 Å². The highest BCUT2D eigenvalue weighted by atomic mass is 127. The van der Waals surface area contributed by atoms with Crippen LogP contribution in [0.5, 0.6) is 0 Å². The summed E-state index contributed by atoms with van der Waals surface area (Å²) in [6.45, 7) is 0. The third-order valence-corrected chi connectivity index (χ3v) is 6.22. The van der Waals surface area contributed by atoms with Crippen molar-refractivity contribution >= 4 is 32.4 Å². The molecule has 19 heavy (non-hydrogen) atoms. The molecule has 3 atom stereocenters. The molecule has 0 amide bonds. The van der Waals surface area contributed by atoms with Gasteiger partial charge in [-0.3, -0.25) is 0 Å². The zero-order valence-electron chi connectivity index (χ0n) is 10.9. The van der Waals surface area contributed by atoms with E-state index in [0.717, 1.165) is 28.4 Å². The largest absolute Gasteiger partial charge is 0.388 e. The number of rotatable bonds is 3. The number of halogens is 1. The van der Waals surface area contributed by atoms with Gasteiger partial charge in [0.05, 0.1) is 11.4 Å². The molecule has 2 rings (SSSR count). The van der Waals surface area contributed by atoms with E-state index < -0.39 is 15.9 Å². The molecule has 0 aromatic heterocycles. The number of sulfone groups is 1. The second-order valence-electron chi connectivity index (χ2n) is 5.38. The van der Waals surface area contributed by atoms with E-state index in [2.05, 4.69) is 22.6 Å². The van der Waals surface area contributed by atoms with Crippen LogP contribution < -0.4 is 0 Å². The summed E-state index contributed by atoms with van der Waals surface area (Å²) >= 11 is 2.22. The van der Waals surface area contributed by atoms with Crippen LogP contribution in [0.25, 0.3) is 0 Å². The monoisotopic (exact) mass is 394 g/mol. The first-order valence-corrected chi connectivity index (χ1v) is 9.53. The van der Waals surface area contributed by atoms with Crippen LogP contribution in [0.4, 0.5) is 0 Å². The molecule has 3 unspecified atom stereocenters. The van der Waals surface area contributed by atoms with Crippen molar-refractivity contribution in [2.75, 3.05) is 6.26 Å². The normalized spacial score (nSPS) is 26.1. The van der Waals surface area contributed by atoms with Gasteiger partial charge in [0.1, 0.15) is 9.84 Å². The van der Waals surface area contributed by atoms with Crippen molar-refractivity contribution in [2.45, 2.75) is 37.0 Å². The van der Waals surface area contributed by atoms with Gasteiger partial charge in [0.2, 0.25) is 0 Å². The van der Waals surface area contributed by atoms with Gasteiger partial charge in [0.15, 0.2) is 0 Å². The Labute approximate surface area is 128 Å². The van der Waals surface area contributed by atoms with E-state index >= 15 is 0 Å². The SMILES string of the molecule is CS(=O)(=O)C1CCCC(C(O)c2cccc(I)c2)C1. The number of hydrogen-bond donors (Lipinski definition) is 1. The Kier molecular flexibility index (Phi) is 4.89. The third kappa shape index (κ3) is 3.92. The Morgan fingerprint density at radius 1 is 1.37 bits per heavy atom. The maximum absolute atomic E-state index is 11.7. The van der Waals surface area contributed by atoms with Crippen LogP contribution in [-0.2, 0) is 9.84 Å². The molecule has 0 heterocycles. The highest BCUT2D eigenvalue weighted by Gasteiger charge is 2.32. The zero-order valence-corrected chi connectivity index (χ0v) is 13.9. The molecule has 3 nitrogen and oxygen atoms in total. The second-order valence-corrected chi connectivity index (χ2v) is 8.95. The number of benzene rings is 1. The van der Waals surface area contributed by atoms with Crippen molar-refractivity contribution in [1.82, 2.24) is 0 Å². The van der Waals surface area contributed by atoms with Crippen LogP contribution in [0.15, 0.2) is 24.3 Å². The average molecular weight is 394 g/mol. The highest BCUT2D eigenvalue weighted by Crippen LogP contribution is 2.36. The predicted molar refractivity (Wildman–Crippen MR) is 84.7 cm³/mol. The summed E-state index contributed by atoms with van der Waals surface area (Å²) < 4.78 is 24.4. The molecule has 0 saturated heterocycles. The molecule has 5 heteroatoms. The van der Waals surface area contributed by atoms with Crippen LogP contribution in [0, 0.1) is 9.49 Å². The Bertz CT molecular complexity index is 541. The second kappa shape index (κ2) is 6.10. The molecule has 0 spiro atoms. The van der Waals surface area contributed by atoms with E-state index in [4.69, 9.17) is 0 Å². The number of aliphatic hydroxyl groups is 1. The predicted octanol–water partition coefficient (Wildman–Crippen LogP) is 2.93. The van der Waals surface area contributed by atoms with Gasteiger partial charge in [0, 0.05) is 9.83 Å². The smallest absolute Gasteiger partial charge is 0.150 e. The van der Waals surface area contributed by atoms with E-state index in [1.54, 1.807) is 0 Å². The van der Waals surface area contributed by atoms with Crippen LogP contribution >= 0.6 is 22.6 Å². The Balaban J connectivity index is 2.13. The molecule has 106 valence electrons. The fraction of sp³-hybridized carbons (Fsp3) is 0.571. The van der Waals surface area contributed by atoms with Crippen molar-refractivity contribution in [3.63, 3.8) is 0 Å². The average Bonchev–Trinajstić information content (AvgIpc) is 2.37. The van der Waals surface area contributed by atoms with Crippen LogP contribution in [0.2, 0.25) is 0 Å². The molecule has 0 radical (unpaired) electrons. The minimum absolute atomic E-state index is 0.0478. The molecule has 1 saturated carbocycles. The molecule has 1 aliphatic carbocycles. The summed E-state index contributed by atoms with van der Waals surface area (Å²) in [7, 11) is -3.00. The molecular weight excluding hydrogens is 375 g/mol. The lowest BCUT2D eigenvalue weighted by molar-refractivity contribution is 0.0856. The third-order valence-electron chi connectivity index (χ3n) is 3.91. The minimum atomic E-state index is -3.00. The molecule has 1 fully saturated rings. The first-order chi connectivity index (χ1) is 8.88. The van der Waals surface area contributed by atoms with Crippen molar-refractivity contribution in [1.29, 1.82) is 0 Å². The van der Waals surface area contributed by atoms with Crippen molar-refractivity contribution in [2.24, 2.45) is 5.92 Å². The quantitative estimate of drug-likeness (QED) is 0.803. The molecule has 0 aliphatic heterocycles. The van der Waals surface area contributed by atoms with Gasteiger partial charge < -0.3 is 5.11 Å². The summed E-state index contributed by atoms with van der Waals surface area (Å²) in [5, 5.41) is 10.2. The lowest BCUT2D eigenvalue weighted by Gasteiger charge is -2.31. The van der Waals surface area contributed by atoms with E-state index in [0.29, 0.717) is 6.42 Å². The Morgan fingerprint density at radius 3 is 2.74 bits per heavy atom. The fourth-order valence-corrected chi connectivity index (χ4v) is 4.58. The lowest BCUT2D eigenvalue weighted by atomic mass is 9.82. The standard InChI is InChI=1S/C14H19IO3S/c1-19(17,18)13-7-3-5-11(9-13)14(16)10-4-2-6-12(15)8-10/h2,4,6,8,11,13-14,16H,3,5,7,9H2,1H3. The van der Waals surface area contributed by atoms with E-state index in [9.17, 15) is 13.5 Å². The van der Waals surface area contributed by atoms with Gasteiger partial charge in [0.25, 0.3) is 0 Å². The maximum atomic E-state index is 11.7. The summed E-state index contributed by atoms with van der Waals surface area (Å²) in [6.07, 6.45) is 3.83. The summed E-state index contributed by atoms with van der Waals surface area (Å²) in [5.74, 6) is 0.0478. The Hall–Kier alpha value is -0.140. The van der Waals surface area contributed by atoms with Crippen LogP contribution in [0.1, 0.15) is 37.4 Å². The Morgan fingerprint density at radius 2 is 2.11 bits per heavy atom. The van der Waals surface area contributed by atoms with Crippen molar-refractivity contribution in [3.8, 4) is 0 Å². The van der Waals surface area contributed by atoms with Crippen molar-refractivity contribution < 1.29 is 13.5 Å². The van der Waals surface area contributed by atoms with Gasteiger partial charge in [-0.25, -0.2) is 8.42 Å². The van der Waals surface area contributed by atoms with Gasteiger partial charge in [-0.1, -0.05) is 18.6 Å². The van der Waals surface area contributed by atoms with Gasteiger partial charge in [-0.05, 0) is 65.5 Å². The van der Waals surface area contributed by atoms with Gasteiger partial charge >= 0.3 is 0 Å². The molecule has 1 aromatic carbocycles. The van der Waals surface area contributed by atoms with E-state index in [1.807, 2.05) is 24.3 Å². The van der Waals surface area contributed by atoms with Gasteiger partial charge in [-0.15, -0.1) is 0 Å². The first-order valence-electron chi connectivity index (χ1n) is 6.50. The van der Waals surface area contributed by atoms with Gasteiger partial charge in [-0.2, -0.15) is 0 Å². The van der Waals surface area contributed by atoms with E-state index in [1.165, 1.54) is 6.26 Å². The minimum Gasteiger partial charge on any atom is -0.388 e. The topological polar surface area (TPSA) is 54.4 Å². The molecule has 1 aliphatic rings.